The first-order valence-corrected chi connectivity index (χ1v) is 7.79. The van der Waals surface area contributed by atoms with Gasteiger partial charge in [-0.1, -0.05) is 6.07 Å². The van der Waals surface area contributed by atoms with Crippen LogP contribution in [0.4, 0.5) is 0 Å². The number of hydrogen-bond donors (Lipinski definition) is 2. The van der Waals surface area contributed by atoms with Gasteiger partial charge < -0.3 is 10.4 Å². The van der Waals surface area contributed by atoms with E-state index in [9.17, 15) is 5.11 Å². The second-order valence-corrected chi connectivity index (χ2v) is 6.69. The summed E-state index contributed by atoms with van der Waals surface area (Å²) in [7, 11) is 0. The Hall–Kier alpha value is -0.0300. The lowest BCUT2D eigenvalue weighted by molar-refractivity contribution is 0.0572. The minimum atomic E-state index is -0.723. The first-order valence-electron chi connectivity index (χ1n) is 5.76. The van der Waals surface area contributed by atoms with Crippen LogP contribution in [0.15, 0.2) is 17.5 Å². The summed E-state index contributed by atoms with van der Waals surface area (Å²) in [6.45, 7) is 2.55. The number of thioether (sulfide) groups is 1. The zero-order valence-electron chi connectivity index (χ0n) is 9.61. The Balaban J connectivity index is 1.84. The standard InChI is InChI=1S/C12H19NOS2/c1-12(14,11-3-2-6-16-11)9-13-10-4-7-15-8-5-10/h2-3,6,10,13-14H,4-5,7-9H2,1H3. The van der Waals surface area contributed by atoms with Crippen molar-refractivity contribution in [3.63, 3.8) is 0 Å². The average molecular weight is 257 g/mol. The van der Waals surface area contributed by atoms with Gasteiger partial charge in [0.15, 0.2) is 0 Å². The van der Waals surface area contributed by atoms with Gasteiger partial charge in [0.05, 0.1) is 0 Å². The Morgan fingerprint density at radius 3 is 2.88 bits per heavy atom. The number of thiophene rings is 1. The van der Waals surface area contributed by atoms with Crippen LogP contribution in [0, 0.1) is 0 Å². The predicted molar refractivity (Wildman–Crippen MR) is 72.2 cm³/mol. The summed E-state index contributed by atoms with van der Waals surface area (Å²) < 4.78 is 0. The molecule has 2 nitrogen and oxygen atoms in total. The zero-order valence-corrected chi connectivity index (χ0v) is 11.2. The van der Waals surface area contributed by atoms with E-state index in [0.717, 1.165) is 4.88 Å². The Kier molecular flexibility index (Phi) is 4.30. The Morgan fingerprint density at radius 1 is 1.50 bits per heavy atom. The van der Waals surface area contributed by atoms with Crippen LogP contribution in [0.2, 0.25) is 0 Å². The summed E-state index contributed by atoms with van der Waals surface area (Å²) in [5.41, 5.74) is -0.723. The van der Waals surface area contributed by atoms with E-state index in [2.05, 4.69) is 5.32 Å². The number of hydrogen-bond acceptors (Lipinski definition) is 4. The first-order chi connectivity index (χ1) is 7.68. The van der Waals surface area contributed by atoms with Crippen molar-refractivity contribution in [1.29, 1.82) is 0 Å². The van der Waals surface area contributed by atoms with Gasteiger partial charge in [-0.3, -0.25) is 0 Å². The van der Waals surface area contributed by atoms with Crippen molar-refractivity contribution in [2.24, 2.45) is 0 Å². The molecule has 2 N–H and O–H groups in total. The van der Waals surface area contributed by atoms with E-state index in [4.69, 9.17) is 0 Å². The third-order valence-corrected chi connectivity index (χ3v) is 5.18. The summed E-state index contributed by atoms with van der Waals surface area (Å²) in [5, 5.41) is 15.9. The smallest absolute Gasteiger partial charge is 0.108 e. The highest BCUT2D eigenvalue weighted by molar-refractivity contribution is 7.99. The molecular formula is C12H19NOS2. The highest BCUT2D eigenvalue weighted by Gasteiger charge is 2.25. The summed E-state index contributed by atoms with van der Waals surface area (Å²) in [5.74, 6) is 2.50. The zero-order chi connectivity index (χ0) is 11.4. The van der Waals surface area contributed by atoms with E-state index >= 15 is 0 Å². The van der Waals surface area contributed by atoms with Gasteiger partial charge >= 0.3 is 0 Å². The highest BCUT2D eigenvalue weighted by Crippen LogP contribution is 2.25. The van der Waals surface area contributed by atoms with Gasteiger partial charge in [0.2, 0.25) is 0 Å². The maximum Gasteiger partial charge on any atom is 0.108 e. The minimum Gasteiger partial charge on any atom is -0.383 e. The second kappa shape index (κ2) is 5.54. The molecule has 16 heavy (non-hydrogen) atoms. The fourth-order valence-corrected chi connectivity index (χ4v) is 3.81. The maximum atomic E-state index is 10.3. The van der Waals surface area contributed by atoms with Crippen molar-refractivity contribution in [3.05, 3.63) is 22.4 Å². The van der Waals surface area contributed by atoms with Crippen LogP contribution in [0.5, 0.6) is 0 Å². The maximum absolute atomic E-state index is 10.3. The molecule has 2 rings (SSSR count). The van der Waals surface area contributed by atoms with Crippen LogP contribution in [0.1, 0.15) is 24.6 Å². The molecule has 1 unspecified atom stereocenters. The van der Waals surface area contributed by atoms with E-state index in [0.29, 0.717) is 12.6 Å². The van der Waals surface area contributed by atoms with Crippen molar-refractivity contribution in [2.75, 3.05) is 18.1 Å². The van der Waals surface area contributed by atoms with Gasteiger partial charge in [0, 0.05) is 17.5 Å². The van der Waals surface area contributed by atoms with Crippen LogP contribution in [-0.4, -0.2) is 29.2 Å². The van der Waals surface area contributed by atoms with Crippen LogP contribution in [0.25, 0.3) is 0 Å². The topological polar surface area (TPSA) is 32.3 Å². The molecule has 2 heterocycles. The molecular weight excluding hydrogens is 238 g/mol. The van der Waals surface area contributed by atoms with Crippen LogP contribution >= 0.6 is 23.1 Å². The summed E-state index contributed by atoms with van der Waals surface area (Å²) >= 11 is 3.65. The molecule has 90 valence electrons. The van der Waals surface area contributed by atoms with Gasteiger partial charge in [0.1, 0.15) is 5.60 Å². The molecule has 0 amide bonds. The largest absolute Gasteiger partial charge is 0.383 e. The third-order valence-electron chi connectivity index (χ3n) is 3.01. The summed E-state index contributed by atoms with van der Waals surface area (Å²) in [4.78, 5) is 1.05. The molecule has 1 saturated heterocycles. The molecule has 0 aliphatic carbocycles. The van der Waals surface area contributed by atoms with E-state index in [1.807, 2.05) is 36.2 Å². The van der Waals surface area contributed by atoms with Crippen LogP contribution in [0.3, 0.4) is 0 Å². The van der Waals surface area contributed by atoms with E-state index in [1.165, 1.54) is 24.3 Å². The van der Waals surface area contributed by atoms with Gasteiger partial charge in [-0.15, -0.1) is 11.3 Å². The van der Waals surface area contributed by atoms with E-state index < -0.39 is 5.60 Å². The number of nitrogens with one attached hydrogen (secondary N) is 1. The molecule has 1 aliphatic rings. The first kappa shape index (κ1) is 12.4. The van der Waals surface area contributed by atoms with Crippen molar-refractivity contribution in [1.82, 2.24) is 5.32 Å². The molecule has 1 fully saturated rings. The molecule has 1 aromatic rings. The van der Waals surface area contributed by atoms with Gasteiger partial charge in [-0.05, 0) is 42.7 Å². The van der Waals surface area contributed by atoms with E-state index in [1.54, 1.807) is 11.3 Å². The lowest BCUT2D eigenvalue weighted by Crippen LogP contribution is -2.41. The van der Waals surface area contributed by atoms with E-state index in [-0.39, 0.29) is 0 Å². The lowest BCUT2D eigenvalue weighted by atomic mass is 10.0. The van der Waals surface area contributed by atoms with Gasteiger partial charge in [0.25, 0.3) is 0 Å². The van der Waals surface area contributed by atoms with Gasteiger partial charge in [-0.2, -0.15) is 11.8 Å². The molecule has 4 heteroatoms. The summed E-state index contributed by atoms with van der Waals surface area (Å²) in [6, 6.07) is 4.59. The molecule has 0 aromatic carbocycles. The number of rotatable bonds is 4. The van der Waals surface area contributed by atoms with Gasteiger partial charge in [-0.25, -0.2) is 0 Å². The second-order valence-electron chi connectivity index (χ2n) is 4.52. The van der Waals surface area contributed by atoms with Crippen LogP contribution in [-0.2, 0) is 5.60 Å². The molecule has 0 saturated carbocycles. The quantitative estimate of drug-likeness (QED) is 0.869. The molecule has 0 radical (unpaired) electrons. The normalized spacial score (nSPS) is 21.9. The molecule has 1 atom stereocenters. The SMILES string of the molecule is CC(O)(CNC1CCSCC1)c1cccs1. The van der Waals surface area contributed by atoms with Crippen LogP contribution < -0.4 is 5.32 Å². The van der Waals surface area contributed by atoms with Crippen molar-refractivity contribution >= 4 is 23.1 Å². The van der Waals surface area contributed by atoms with Crippen molar-refractivity contribution in [2.45, 2.75) is 31.4 Å². The molecule has 1 aliphatic heterocycles. The third kappa shape index (κ3) is 3.23. The summed E-state index contributed by atoms with van der Waals surface area (Å²) in [6.07, 6.45) is 2.45. The minimum absolute atomic E-state index is 0.590. The average Bonchev–Trinajstić information content (AvgIpc) is 2.82. The molecule has 0 bridgehead atoms. The lowest BCUT2D eigenvalue weighted by Gasteiger charge is -2.28. The molecule has 1 aromatic heterocycles. The predicted octanol–water partition coefficient (Wildman–Crippen LogP) is 2.44. The van der Waals surface area contributed by atoms with Crippen molar-refractivity contribution < 1.29 is 5.11 Å². The number of aliphatic hydroxyl groups is 1. The Labute approximate surface area is 105 Å². The Bertz CT molecular complexity index is 305. The Morgan fingerprint density at radius 2 is 2.25 bits per heavy atom. The highest BCUT2D eigenvalue weighted by atomic mass is 32.2. The fourth-order valence-electron chi connectivity index (χ4n) is 1.92. The molecule has 0 spiro atoms. The monoisotopic (exact) mass is 257 g/mol. The van der Waals surface area contributed by atoms with Crippen molar-refractivity contribution in [3.8, 4) is 0 Å². The fraction of sp³-hybridized carbons (Fsp3) is 0.667.